The molecule has 0 aromatic heterocycles. The number of hydrogen-bond donors (Lipinski definition) is 9. The third-order valence-corrected chi connectivity index (χ3v) is 15.5. The molecule has 5 aromatic carbocycles. The molecule has 0 spiro atoms. The Balaban J connectivity index is 1.47. The maximum Gasteiger partial charge on any atom is 0.397 e. The number of phenolic OH excluding ortho intramolecular Hbond substituents is 2. The van der Waals surface area contributed by atoms with Crippen LogP contribution in [-0.2, 0) is 78.7 Å². The number of hydrogen-bond acceptors (Lipinski definition) is 27. The van der Waals surface area contributed by atoms with Crippen LogP contribution in [0.25, 0.3) is 0 Å². The van der Waals surface area contributed by atoms with Gasteiger partial charge in [-0.25, -0.2) is 30.0 Å². The van der Waals surface area contributed by atoms with Gasteiger partial charge < -0.3 is 26.0 Å². The zero-order chi connectivity index (χ0) is 59.1. The lowest BCUT2D eigenvalue weighted by Crippen LogP contribution is -2.16. The lowest BCUT2D eigenvalue weighted by atomic mass is 10.1. The maximum atomic E-state index is 12.7. The Morgan fingerprint density at radius 2 is 0.848 bits per heavy atom. The number of carboxylic acid groups (broad SMARTS) is 1. The first-order valence-corrected chi connectivity index (χ1v) is 29.6. The molecule has 0 aliphatic heterocycles. The molecule has 0 fully saturated rings. The summed E-state index contributed by atoms with van der Waals surface area (Å²) in [6, 6.07) is 11.5. The van der Waals surface area contributed by atoms with Crippen molar-refractivity contribution in [2.75, 3.05) is 35.4 Å². The van der Waals surface area contributed by atoms with Gasteiger partial charge in [0.1, 0.15) is 44.0 Å². The molecule has 0 atom stereocenters. The monoisotopic (exact) mass is 1220 g/mol. The molecule has 0 aliphatic carbocycles. The van der Waals surface area contributed by atoms with E-state index >= 15 is 0 Å². The highest BCUT2D eigenvalue weighted by Crippen LogP contribution is 2.47. The first kappa shape index (κ1) is 61.8. The number of rotatable bonds is 23. The average Bonchev–Trinajstić information content (AvgIpc) is 3.33. The van der Waals surface area contributed by atoms with E-state index in [1.807, 2.05) is 0 Å². The summed E-state index contributed by atoms with van der Waals surface area (Å²) in [5.74, 6) is -7.41. The van der Waals surface area contributed by atoms with E-state index in [2.05, 4.69) is 59.9 Å². The highest BCUT2D eigenvalue weighted by atomic mass is 32.3. The molecule has 5 aromatic rings. The summed E-state index contributed by atoms with van der Waals surface area (Å²) in [6.07, 6.45) is 0. The lowest BCUT2D eigenvalue weighted by Gasteiger charge is -2.09. The number of nitrogens with zero attached hydrogens (tertiary/aromatic N) is 8. The molecule has 0 saturated heterocycles. The van der Waals surface area contributed by atoms with Gasteiger partial charge in [0.2, 0.25) is 11.8 Å². The minimum Gasteiger partial charge on any atom is -0.505 e. The van der Waals surface area contributed by atoms with Crippen molar-refractivity contribution in [2.45, 2.75) is 33.4 Å². The van der Waals surface area contributed by atoms with E-state index in [0.29, 0.717) is 18.2 Å². The molecule has 2 amide bonds. The summed E-state index contributed by atoms with van der Waals surface area (Å²) in [5, 5.41) is 67.2. The van der Waals surface area contributed by atoms with Crippen LogP contribution >= 0.6 is 0 Å². The van der Waals surface area contributed by atoms with Crippen LogP contribution in [0.15, 0.2) is 139 Å². The Kier molecular flexibility index (Phi) is 19.0. The molecule has 0 unspecified atom stereocenters. The number of aromatic carboxylic acids is 1. The predicted octanol–water partition coefficient (Wildman–Crippen LogP) is 6.05. The highest BCUT2D eigenvalue weighted by molar-refractivity contribution is 7.92. The number of carboxylic acids is 1. The van der Waals surface area contributed by atoms with Crippen LogP contribution in [0.2, 0.25) is 0 Å². The van der Waals surface area contributed by atoms with Gasteiger partial charge in [-0.2, -0.15) is 43.9 Å². The van der Waals surface area contributed by atoms with Crippen LogP contribution in [0.1, 0.15) is 24.2 Å². The summed E-state index contributed by atoms with van der Waals surface area (Å²) >= 11 is 0. The molecule has 0 saturated carbocycles. The molecular weight excluding hydrogens is 1180 g/mol. The number of azo groups is 4. The SMILES string of the molecule is CC(=O)Nc1cc(N=Nc2c(O)cc(C(=O)O)c(N=Nc3ccc(N=Nc4ccc(S(=O)(=O)CCOS(=O)(=O)O)cc4S(=O)(=O)O)c(NC(C)=O)c3)c2O)ccc1N=Nc1ccc(S(=O)(=O)CCOS(=O)(=O)O)cc1S(=O)(=O)O. The molecule has 34 nitrogen and oxygen atoms in total. The summed E-state index contributed by atoms with van der Waals surface area (Å²) in [6.45, 7) is -0.00429. The Labute approximate surface area is 445 Å². The fourth-order valence-corrected chi connectivity index (χ4v) is 10.5. The smallest absolute Gasteiger partial charge is 0.397 e. The van der Waals surface area contributed by atoms with Crippen molar-refractivity contribution in [1.29, 1.82) is 0 Å². The lowest BCUT2D eigenvalue weighted by molar-refractivity contribution is -0.115. The molecular formula is C39H36N10O24S6. The van der Waals surface area contributed by atoms with Gasteiger partial charge >= 0.3 is 26.8 Å². The topological polar surface area (TPSA) is 539 Å². The quantitative estimate of drug-likeness (QED) is 0.0265. The second-order valence-corrected chi connectivity index (χ2v) is 24.4. The highest BCUT2D eigenvalue weighted by Gasteiger charge is 2.26. The van der Waals surface area contributed by atoms with E-state index in [4.69, 9.17) is 9.11 Å². The molecule has 0 aliphatic rings. The van der Waals surface area contributed by atoms with E-state index in [-0.39, 0.29) is 34.1 Å². The number of sulfone groups is 2. The minimum atomic E-state index is -5.24. The number of carbonyl (C=O) groups is 3. The molecule has 0 radical (unpaired) electrons. The first-order valence-electron chi connectivity index (χ1n) is 20.7. The van der Waals surface area contributed by atoms with Crippen molar-refractivity contribution in [3.05, 3.63) is 84.4 Å². The molecule has 5 rings (SSSR count). The second kappa shape index (κ2) is 24.3. The number of anilines is 2. The number of amides is 2. The maximum absolute atomic E-state index is 12.7. The van der Waals surface area contributed by atoms with Gasteiger partial charge in [0.25, 0.3) is 20.2 Å². The van der Waals surface area contributed by atoms with Crippen molar-refractivity contribution < 1.29 is 107 Å². The number of aromatic hydroxyl groups is 2. The fourth-order valence-electron chi connectivity index (χ4n) is 6.04. The average molecular weight is 1220 g/mol. The number of carbonyl (C=O) groups excluding carboxylic acids is 2. The summed E-state index contributed by atoms with van der Waals surface area (Å²) in [4.78, 5) is 32.9. The minimum absolute atomic E-state index is 0.179. The normalized spacial score (nSPS) is 12.9. The molecule has 40 heteroatoms. The predicted molar refractivity (Wildman–Crippen MR) is 267 cm³/mol. The van der Waals surface area contributed by atoms with Gasteiger partial charge in [-0.1, -0.05) is 0 Å². The van der Waals surface area contributed by atoms with Crippen molar-refractivity contribution in [2.24, 2.45) is 40.9 Å². The van der Waals surface area contributed by atoms with E-state index in [0.717, 1.165) is 74.5 Å². The van der Waals surface area contributed by atoms with Crippen LogP contribution < -0.4 is 10.6 Å². The van der Waals surface area contributed by atoms with E-state index in [1.165, 1.54) is 0 Å². The van der Waals surface area contributed by atoms with Gasteiger partial charge in [0.15, 0.2) is 31.1 Å². The number of nitrogens with one attached hydrogen (secondary N) is 2. The second-order valence-electron chi connectivity index (χ2n) is 15.2. The summed E-state index contributed by atoms with van der Waals surface area (Å²) < 4.78 is 188. The first-order chi connectivity index (χ1) is 36.4. The number of benzene rings is 5. The largest absolute Gasteiger partial charge is 0.505 e. The van der Waals surface area contributed by atoms with Gasteiger partial charge in [-0.3, -0.25) is 27.8 Å². The number of phenols is 2. The van der Waals surface area contributed by atoms with Gasteiger partial charge in [0, 0.05) is 13.8 Å². The van der Waals surface area contributed by atoms with Crippen LogP contribution in [0, 0.1) is 0 Å². The Hall–Kier alpha value is -8.03. The molecule has 422 valence electrons. The molecule has 9 N–H and O–H groups in total. The van der Waals surface area contributed by atoms with Gasteiger partial charge in [-0.05, 0) is 78.9 Å². The molecule has 79 heavy (non-hydrogen) atoms. The van der Waals surface area contributed by atoms with Crippen molar-refractivity contribution in [3.63, 3.8) is 0 Å². The zero-order valence-corrected chi connectivity index (χ0v) is 44.3. The zero-order valence-electron chi connectivity index (χ0n) is 39.4. The summed E-state index contributed by atoms with van der Waals surface area (Å²) in [7, 11) is -29.5. The van der Waals surface area contributed by atoms with E-state index < -0.39 is 163 Å². The summed E-state index contributed by atoms with van der Waals surface area (Å²) in [5.41, 5.74) is -5.03. The van der Waals surface area contributed by atoms with Crippen molar-refractivity contribution in [1.82, 2.24) is 0 Å². The van der Waals surface area contributed by atoms with Gasteiger partial charge in [0.05, 0.1) is 62.8 Å². The third kappa shape index (κ3) is 17.5. The Morgan fingerprint density at radius 1 is 0.481 bits per heavy atom. The molecule has 0 bridgehead atoms. The van der Waals surface area contributed by atoms with Gasteiger partial charge in [-0.15, -0.1) is 30.7 Å². The molecule has 0 heterocycles. The standard InChI is InChI=1S/C39H36N10O24S6/c1-20(50)40-31-15-22(3-7-27(31)44-46-29-9-5-24(17-34(29)76(60,61)62)74(56,57)13-11-72-78(66,67)68)42-48-36-26(39(54)55)19-33(52)37(38(36)53)49-43-23-4-8-28(32(16-23)41-21(2)51)45-47-30-10-6-25(18-35(30)77(63,64)65)75(58,59)14-12-73-79(69,70)71/h3-10,15-19,52-53H,11-14H2,1-2H3,(H,40,50)(H,41,51)(H,54,55)(H,60,61,62)(H,63,64,65)(H,66,67,68)(H,69,70,71). The van der Waals surface area contributed by atoms with Crippen molar-refractivity contribution in [3.8, 4) is 11.5 Å². The van der Waals surface area contributed by atoms with E-state index in [9.17, 15) is 89.3 Å². The van der Waals surface area contributed by atoms with Crippen molar-refractivity contribution >= 4 is 135 Å². The van der Waals surface area contributed by atoms with E-state index in [1.54, 1.807) is 0 Å². The van der Waals surface area contributed by atoms with Crippen LogP contribution in [0.5, 0.6) is 11.5 Å². The van der Waals surface area contributed by atoms with Crippen LogP contribution in [0.4, 0.5) is 56.9 Å². The Morgan fingerprint density at radius 3 is 1.20 bits per heavy atom. The van der Waals surface area contributed by atoms with Crippen LogP contribution in [-0.4, -0.2) is 127 Å². The third-order valence-electron chi connectivity index (χ3n) is 9.41. The van der Waals surface area contributed by atoms with Crippen LogP contribution in [0.3, 0.4) is 0 Å². The fraction of sp³-hybridized carbons (Fsp3) is 0.154. The Bertz CT molecular complexity index is 4140.